The molecular weight excluding hydrogens is 432 g/mol. The van der Waals surface area contributed by atoms with Crippen molar-refractivity contribution >= 4 is 18.0 Å². The Bertz CT molecular complexity index is 1070. The molecular formula is C27H30N2O5. The number of alkyl carbamates (subject to hydrolysis) is 1. The van der Waals surface area contributed by atoms with Crippen LogP contribution in [0.2, 0.25) is 0 Å². The number of nitrogens with one attached hydrogen (secondary N) is 1. The van der Waals surface area contributed by atoms with Crippen molar-refractivity contribution in [3.8, 4) is 11.1 Å². The number of rotatable bonds is 7. The van der Waals surface area contributed by atoms with E-state index in [0.29, 0.717) is 12.8 Å². The predicted octanol–water partition coefficient (Wildman–Crippen LogP) is 4.16. The van der Waals surface area contributed by atoms with Crippen LogP contribution in [0.15, 0.2) is 48.5 Å². The highest BCUT2D eigenvalue weighted by Gasteiger charge is 2.44. The first-order valence-electron chi connectivity index (χ1n) is 12.1. The lowest BCUT2D eigenvalue weighted by molar-refractivity contribution is -0.152. The third-order valence-electron chi connectivity index (χ3n) is 7.45. The summed E-state index contributed by atoms with van der Waals surface area (Å²) in [6.45, 7) is 1.77. The number of hydrogen-bond acceptors (Lipinski definition) is 4. The first-order chi connectivity index (χ1) is 16.5. The molecule has 2 N–H and O–H groups in total. The number of carbonyl (C=O) groups excluding carboxylic acids is 2. The molecule has 7 heteroatoms. The van der Waals surface area contributed by atoms with Crippen molar-refractivity contribution in [2.45, 2.75) is 63.1 Å². The maximum absolute atomic E-state index is 13.3. The number of carboxylic acids is 1. The van der Waals surface area contributed by atoms with Crippen molar-refractivity contribution in [1.29, 1.82) is 0 Å². The van der Waals surface area contributed by atoms with E-state index in [1.54, 1.807) is 6.92 Å². The monoisotopic (exact) mass is 462 g/mol. The summed E-state index contributed by atoms with van der Waals surface area (Å²) in [6, 6.07) is 15.1. The van der Waals surface area contributed by atoms with Crippen LogP contribution in [0.1, 0.15) is 56.1 Å². The minimum atomic E-state index is -1.00. The van der Waals surface area contributed by atoms with Gasteiger partial charge in [-0.2, -0.15) is 0 Å². The summed E-state index contributed by atoms with van der Waals surface area (Å²) >= 11 is 0. The van der Waals surface area contributed by atoms with Crippen molar-refractivity contribution < 1.29 is 24.2 Å². The molecule has 3 aliphatic rings. The van der Waals surface area contributed by atoms with Gasteiger partial charge in [0.25, 0.3) is 0 Å². The lowest BCUT2D eigenvalue weighted by atomic mass is 9.98. The van der Waals surface area contributed by atoms with Gasteiger partial charge in [0.15, 0.2) is 0 Å². The summed E-state index contributed by atoms with van der Waals surface area (Å²) in [4.78, 5) is 39.1. The van der Waals surface area contributed by atoms with Crippen LogP contribution in [-0.4, -0.2) is 52.7 Å². The Morgan fingerprint density at radius 3 is 2.21 bits per heavy atom. The molecule has 1 unspecified atom stereocenters. The SMILES string of the molecule is CC(C(=O)O)N(C(=O)[C@@H]1CCC[C@@H]1NC(=O)OCC1c2ccccc2-c2ccccc21)C1CC1. The molecule has 178 valence electrons. The molecule has 3 atom stereocenters. The third kappa shape index (κ3) is 4.15. The number of hydrogen-bond donors (Lipinski definition) is 2. The second-order valence-electron chi connectivity index (χ2n) is 9.60. The molecule has 0 bridgehead atoms. The van der Waals surface area contributed by atoms with E-state index in [9.17, 15) is 19.5 Å². The van der Waals surface area contributed by atoms with Crippen LogP contribution in [0.5, 0.6) is 0 Å². The highest BCUT2D eigenvalue weighted by molar-refractivity contribution is 5.86. The molecule has 0 saturated heterocycles. The van der Waals surface area contributed by atoms with Crippen LogP contribution >= 0.6 is 0 Å². The van der Waals surface area contributed by atoms with Crippen molar-refractivity contribution in [3.63, 3.8) is 0 Å². The fourth-order valence-corrected chi connectivity index (χ4v) is 5.57. The zero-order valence-electron chi connectivity index (χ0n) is 19.3. The van der Waals surface area contributed by atoms with Crippen LogP contribution in [0.3, 0.4) is 0 Å². The van der Waals surface area contributed by atoms with Gasteiger partial charge in [-0.25, -0.2) is 9.59 Å². The minimum Gasteiger partial charge on any atom is -0.480 e. The molecule has 2 fully saturated rings. The molecule has 3 aliphatic carbocycles. The average Bonchev–Trinajstić information content (AvgIpc) is 3.47. The topological polar surface area (TPSA) is 95.9 Å². The number of carbonyl (C=O) groups is 3. The van der Waals surface area contributed by atoms with Gasteiger partial charge in [0, 0.05) is 18.0 Å². The molecule has 0 heterocycles. The maximum atomic E-state index is 13.3. The van der Waals surface area contributed by atoms with Gasteiger partial charge in [0.05, 0.1) is 5.92 Å². The molecule has 34 heavy (non-hydrogen) atoms. The number of carboxylic acid groups (broad SMARTS) is 1. The lowest BCUT2D eigenvalue weighted by Gasteiger charge is -2.31. The summed E-state index contributed by atoms with van der Waals surface area (Å²) in [7, 11) is 0. The van der Waals surface area contributed by atoms with E-state index in [1.807, 2.05) is 24.3 Å². The Morgan fingerprint density at radius 2 is 1.62 bits per heavy atom. The minimum absolute atomic E-state index is 0.00527. The van der Waals surface area contributed by atoms with Crippen molar-refractivity contribution in [2.24, 2.45) is 5.92 Å². The number of aliphatic carboxylic acids is 1. The van der Waals surface area contributed by atoms with Crippen LogP contribution in [0, 0.1) is 5.92 Å². The smallest absolute Gasteiger partial charge is 0.407 e. The Hall–Kier alpha value is -3.35. The van der Waals surface area contributed by atoms with Gasteiger partial charge in [-0.1, -0.05) is 55.0 Å². The van der Waals surface area contributed by atoms with Crippen LogP contribution in [0.25, 0.3) is 11.1 Å². The zero-order chi connectivity index (χ0) is 23.8. The highest BCUT2D eigenvalue weighted by atomic mass is 16.5. The van der Waals surface area contributed by atoms with E-state index in [2.05, 4.69) is 29.6 Å². The van der Waals surface area contributed by atoms with Gasteiger partial charge in [-0.15, -0.1) is 0 Å². The Kier molecular flexibility index (Phi) is 6.02. The molecule has 5 rings (SSSR count). The maximum Gasteiger partial charge on any atom is 0.407 e. The molecule has 7 nitrogen and oxygen atoms in total. The van der Waals surface area contributed by atoms with E-state index in [-0.39, 0.29) is 30.5 Å². The van der Waals surface area contributed by atoms with E-state index >= 15 is 0 Å². The number of ether oxygens (including phenoxy) is 1. The fourth-order valence-electron chi connectivity index (χ4n) is 5.57. The van der Waals surface area contributed by atoms with Gasteiger partial charge in [-0.05, 0) is 54.9 Å². The second-order valence-corrected chi connectivity index (χ2v) is 9.60. The summed E-state index contributed by atoms with van der Waals surface area (Å²) in [6.07, 6.45) is 3.27. The molecule has 2 saturated carbocycles. The summed E-state index contributed by atoms with van der Waals surface area (Å²) < 4.78 is 5.67. The number of nitrogens with zero attached hydrogens (tertiary/aromatic N) is 1. The normalized spacial score (nSPS) is 21.9. The number of benzene rings is 2. The average molecular weight is 463 g/mol. The lowest BCUT2D eigenvalue weighted by Crippen LogP contribution is -2.51. The van der Waals surface area contributed by atoms with Gasteiger partial charge >= 0.3 is 12.1 Å². The van der Waals surface area contributed by atoms with Crippen LogP contribution < -0.4 is 5.32 Å². The van der Waals surface area contributed by atoms with Gasteiger partial charge in [0.1, 0.15) is 12.6 Å². The second kappa shape index (κ2) is 9.12. The highest BCUT2D eigenvalue weighted by Crippen LogP contribution is 2.44. The molecule has 2 amide bonds. The standard InChI is InChI=1S/C27H30N2O5/c1-16(26(31)32)29(17-13-14-17)25(30)22-11-6-12-24(22)28-27(33)34-15-23-20-9-4-2-7-18(20)19-8-3-5-10-21(19)23/h2-5,7-10,16-17,22-24H,6,11-15H2,1H3,(H,28,33)(H,31,32)/t16?,22-,24+/m1/s1. The summed E-state index contributed by atoms with van der Waals surface area (Å²) in [5.41, 5.74) is 4.63. The largest absolute Gasteiger partial charge is 0.480 e. The van der Waals surface area contributed by atoms with Crippen molar-refractivity contribution in [3.05, 3.63) is 59.7 Å². The molecule has 0 aliphatic heterocycles. The van der Waals surface area contributed by atoms with E-state index in [0.717, 1.165) is 30.4 Å². The molecule has 0 radical (unpaired) electrons. The number of fused-ring (bicyclic) bond motifs is 3. The molecule has 2 aromatic rings. The van der Waals surface area contributed by atoms with Gasteiger partial charge < -0.3 is 20.1 Å². The van der Waals surface area contributed by atoms with Crippen LogP contribution in [0.4, 0.5) is 4.79 Å². The Morgan fingerprint density at radius 1 is 1.00 bits per heavy atom. The van der Waals surface area contributed by atoms with Gasteiger partial charge in [0.2, 0.25) is 5.91 Å². The Labute approximate surface area is 199 Å². The first-order valence-corrected chi connectivity index (χ1v) is 12.1. The summed E-state index contributed by atoms with van der Waals surface area (Å²) in [5.74, 6) is -1.61. The number of amides is 2. The van der Waals surface area contributed by atoms with E-state index in [1.165, 1.54) is 16.0 Å². The summed E-state index contributed by atoms with van der Waals surface area (Å²) in [5, 5.41) is 12.4. The first kappa shape index (κ1) is 22.4. The predicted molar refractivity (Wildman–Crippen MR) is 126 cm³/mol. The van der Waals surface area contributed by atoms with E-state index < -0.39 is 24.0 Å². The van der Waals surface area contributed by atoms with Crippen molar-refractivity contribution in [1.82, 2.24) is 10.2 Å². The zero-order valence-corrected chi connectivity index (χ0v) is 19.3. The molecule has 2 aromatic carbocycles. The van der Waals surface area contributed by atoms with Crippen LogP contribution in [-0.2, 0) is 14.3 Å². The van der Waals surface area contributed by atoms with Gasteiger partial charge in [-0.3, -0.25) is 4.79 Å². The Balaban J connectivity index is 1.23. The fraction of sp³-hybridized carbons (Fsp3) is 0.444. The van der Waals surface area contributed by atoms with Crippen molar-refractivity contribution in [2.75, 3.05) is 6.61 Å². The third-order valence-corrected chi connectivity index (χ3v) is 7.45. The molecule has 0 aromatic heterocycles. The van der Waals surface area contributed by atoms with E-state index in [4.69, 9.17) is 4.74 Å². The quantitative estimate of drug-likeness (QED) is 0.644. The molecule has 0 spiro atoms.